The fourth-order valence-electron chi connectivity index (χ4n) is 1.71. The Morgan fingerprint density at radius 3 is 2.63 bits per heavy atom. The monoisotopic (exact) mass is 285 g/mol. The van der Waals surface area contributed by atoms with Gasteiger partial charge in [-0.2, -0.15) is 0 Å². The number of hydrogen-bond acceptors (Lipinski definition) is 4. The van der Waals surface area contributed by atoms with Crippen molar-refractivity contribution in [2.75, 3.05) is 18.8 Å². The third kappa shape index (κ3) is 7.92. The van der Waals surface area contributed by atoms with E-state index in [0.29, 0.717) is 19.5 Å². The SMILES string of the molecule is NCCCCCCNS(=O)(=O)CCc1ccccn1. The van der Waals surface area contributed by atoms with E-state index in [1.807, 2.05) is 18.2 Å². The Balaban J connectivity index is 2.17. The Morgan fingerprint density at radius 1 is 1.16 bits per heavy atom. The van der Waals surface area contributed by atoms with Gasteiger partial charge in [-0.1, -0.05) is 18.9 Å². The second-order valence-electron chi connectivity index (χ2n) is 4.49. The Labute approximate surface area is 115 Å². The molecule has 0 radical (unpaired) electrons. The van der Waals surface area contributed by atoms with Gasteiger partial charge in [-0.15, -0.1) is 0 Å². The van der Waals surface area contributed by atoms with Crippen LogP contribution in [0.1, 0.15) is 31.4 Å². The number of rotatable bonds is 10. The minimum Gasteiger partial charge on any atom is -0.330 e. The average molecular weight is 285 g/mol. The van der Waals surface area contributed by atoms with E-state index < -0.39 is 10.0 Å². The number of nitrogens with one attached hydrogen (secondary N) is 1. The number of nitrogens with two attached hydrogens (primary N) is 1. The van der Waals surface area contributed by atoms with Gasteiger partial charge in [0, 0.05) is 24.9 Å². The number of nitrogens with zero attached hydrogens (tertiary/aromatic N) is 1. The predicted molar refractivity (Wildman–Crippen MR) is 77.3 cm³/mol. The molecule has 0 amide bonds. The molecule has 3 N–H and O–H groups in total. The van der Waals surface area contributed by atoms with E-state index in [0.717, 1.165) is 31.4 Å². The van der Waals surface area contributed by atoms with Crippen molar-refractivity contribution in [2.24, 2.45) is 5.73 Å². The summed E-state index contributed by atoms with van der Waals surface area (Å²) in [5, 5.41) is 0. The molecule has 0 aliphatic heterocycles. The third-order valence-corrected chi connectivity index (χ3v) is 4.19. The minimum absolute atomic E-state index is 0.0901. The maximum absolute atomic E-state index is 11.7. The van der Waals surface area contributed by atoms with Crippen LogP contribution in [0.2, 0.25) is 0 Å². The molecule has 0 saturated carbocycles. The first kappa shape index (κ1) is 16.1. The van der Waals surface area contributed by atoms with E-state index in [-0.39, 0.29) is 5.75 Å². The quantitative estimate of drug-likeness (QED) is 0.630. The largest absolute Gasteiger partial charge is 0.330 e. The van der Waals surface area contributed by atoms with Crippen molar-refractivity contribution in [1.29, 1.82) is 0 Å². The molecule has 6 heteroatoms. The van der Waals surface area contributed by atoms with Gasteiger partial charge < -0.3 is 5.73 Å². The highest BCUT2D eigenvalue weighted by Crippen LogP contribution is 2.00. The maximum atomic E-state index is 11.7. The lowest BCUT2D eigenvalue weighted by Crippen LogP contribution is -2.28. The second kappa shape index (κ2) is 9.01. The summed E-state index contributed by atoms with van der Waals surface area (Å²) in [6.07, 6.45) is 6.07. The molecular weight excluding hydrogens is 262 g/mol. The van der Waals surface area contributed by atoms with E-state index in [9.17, 15) is 8.42 Å². The lowest BCUT2D eigenvalue weighted by Gasteiger charge is -2.06. The lowest BCUT2D eigenvalue weighted by molar-refractivity contribution is 0.571. The summed E-state index contributed by atoms with van der Waals surface area (Å²) in [7, 11) is -3.19. The molecule has 108 valence electrons. The molecule has 1 heterocycles. The number of aromatic nitrogens is 1. The molecule has 0 atom stereocenters. The van der Waals surface area contributed by atoms with E-state index >= 15 is 0 Å². The van der Waals surface area contributed by atoms with Crippen LogP contribution in [0.4, 0.5) is 0 Å². The normalized spacial score (nSPS) is 11.6. The summed E-state index contributed by atoms with van der Waals surface area (Å²) in [6.45, 7) is 1.21. The molecule has 5 nitrogen and oxygen atoms in total. The molecule has 0 bridgehead atoms. The van der Waals surface area contributed by atoms with Crippen molar-refractivity contribution in [3.8, 4) is 0 Å². The Morgan fingerprint density at radius 2 is 1.95 bits per heavy atom. The molecule has 1 aromatic heterocycles. The molecule has 0 spiro atoms. The van der Waals surface area contributed by atoms with E-state index in [4.69, 9.17) is 5.73 Å². The van der Waals surface area contributed by atoms with Gasteiger partial charge in [0.2, 0.25) is 10.0 Å². The third-order valence-electron chi connectivity index (χ3n) is 2.81. The average Bonchev–Trinajstić information content (AvgIpc) is 2.42. The second-order valence-corrected chi connectivity index (χ2v) is 6.41. The van der Waals surface area contributed by atoms with Gasteiger partial charge >= 0.3 is 0 Å². The predicted octanol–water partition coefficient (Wildman–Crippen LogP) is 1.06. The number of unbranched alkanes of at least 4 members (excludes halogenated alkanes) is 3. The first-order valence-electron chi connectivity index (χ1n) is 6.71. The van der Waals surface area contributed by atoms with Crippen molar-refractivity contribution in [2.45, 2.75) is 32.1 Å². The zero-order chi connectivity index (χ0) is 14.0. The van der Waals surface area contributed by atoms with Crippen molar-refractivity contribution >= 4 is 10.0 Å². The van der Waals surface area contributed by atoms with Crippen LogP contribution in [0.15, 0.2) is 24.4 Å². The van der Waals surface area contributed by atoms with Crippen molar-refractivity contribution in [1.82, 2.24) is 9.71 Å². The van der Waals surface area contributed by atoms with Crippen LogP contribution in [0, 0.1) is 0 Å². The minimum atomic E-state index is -3.19. The molecule has 0 fully saturated rings. The molecule has 0 aliphatic carbocycles. The highest BCUT2D eigenvalue weighted by molar-refractivity contribution is 7.89. The lowest BCUT2D eigenvalue weighted by atomic mass is 10.2. The first-order chi connectivity index (χ1) is 9.14. The van der Waals surface area contributed by atoms with Crippen molar-refractivity contribution in [3.63, 3.8) is 0 Å². The first-order valence-corrected chi connectivity index (χ1v) is 8.36. The number of hydrogen-bond donors (Lipinski definition) is 2. The smallest absolute Gasteiger partial charge is 0.211 e. The van der Waals surface area contributed by atoms with Gasteiger partial charge in [0.25, 0.3) is 0 Å². The molecular formula is C13H23N3O2S. The van der Waals surface area contributed by atoms with Gasteiger partial charge in [0.1, 0.15) is 0 Å². The fourth-order valence-corrected chi connectivity index (χ4v) is 2.79. The van der Waals surface area contributed by atoms with Crippen LogP contribution in [-0.4, -0.2) is 32.2 Å². The van der Waals surface area contributed by atoms with Crippen LogP contribution in [0.5, 0.6) is 0 Å². The van der Waals surface area contributed by atoms with Gasteiger partial charge in [-0.05, 0) is 31.5 Å². The standard InChI is InChI=1S/C13H23N3O2S/c14-9-4-1-2-5-11-16-19(17,18)12-8-13-7-3-6-10-15-13/h3,6-7,10,16H,1-2,4-5,8-9,11-12,14H2. The van der Waals surface area contributed by atoms with E-state index in [1.54, 1.807) is 6.20 Å². The number of aryl methyl sites for hydroxylation is 1. The van der Waals surface area contributed by atoms with Gasteiger partial charge in [-0.3, -0.25) is 4.98 Å². The molecule has 19 heavy (non-hydrogen) atoms. The summed E-state index contributed by atoms with van der Waals surface area (Å²) in [5.41, 5.74) is 6.19. The van der Waals surface area contributed by atoms with Gasteiger partial charge in [0.05, 0.1) is 5.75 Å². The molecule has 0 unspecified atom stereocenters. The van der Waals surface area contributed by atoms with E-state index in [1.165, 1.54) is 0 Å². The topological polar surface area (TPSA) is 85.1 Å². The van der Waals surface area contributed by atoms with Crippen LogP contribution in [0.3, 0.4) is 0 Å². The number of pyridine rings is 1. The van der Waals surface area contributed by atoms with Crippen LogP contribution >= 0.6 is 0 Å². The Kier molecular flexibility index (Phi) is 7.62. The van der Waals surface area contributed by atoms with Crippen molar-refractivity contribution < 1.29 is 8.42 Å². The summed E-state index contributed by atoms with van der Waals surface area (Å²) in [5.74, 6) is 0.0901. The fraction of sp³-hybridized carbons (Fsp3) is 0.615. The van der Waals surface area contributed by atoms with Gasteiger partial charge in [-0.25, -0.2) is 13.1 Å². The zero-order valence-electron chi connectivity index (χ0n) is 11.2. The highest BCUT2D eigenvalue weighted by atomic mass is 32.2. The summed E-state index contributed by atoms with van der Waals surface area (Å²) in [6, 6.07) is 5.51. The molecule has 1 rings (SSSR count). The highest BCUT2D eigenvalue weighted by Gasteiger charge is 2.09. The zero-order valence-corrected chi connectivity index (χ0v) is 12.0. The molecule has 0 saturated heterocycles. The Bertz CT molecular complexity index is 434. The molecule has 0 aromatic carbocycles. The Hall–Kier alpha value is -0.980. The van der Waals surface area contributed by atoms with Crippen molar-refractivity contribution in [3.05, 3.63) is 30.1 Å². The molecule has 0 aliphatic rings. The number of sulfonamides is 1. The summed E-state index contributed by atoms with van der Waals surface area (Å²) < 4.78 is 26.1. The van der Waals surface area contributed by atoms with Gasteiger partial charge in [0.15, 0.2) is 0 Å². The van der Waals surface area contributed by atoms with Crippen LogP contribution in [0.25, 0.3) is 0 Å². The maximum Gasteiger partial charge on any atom is 0.211 e. The van der Waals surface area contributed by atoms with E-state index in [2.05, 4.69) is 9.71 Å². The molecule has 1 aromatic rings. The van der Waals surface area contributed by atoms with Crippen LogP contribution in [-0.2, 0) is 16.4 Å². The summed E-state index contributed by atoms with van der Waals surface area (Å²) >= 11 is 0. The van der Waals surface area contributed by atoms with Crippen LogP contribution < -0.4 is 10.5 Å². The summed E-state index contributed by atoms with van der Waals surface area (Å²) in [4.78, 5) is 4.11.